The molecule has 0 aliphatic carbocycles. The summed E-state index contributed by atoms with van der Waals surface area (Å²) in [5.41, 5.74) is 5.29. The van der Waals surface area contributed by atoms with Crippen LogP contribution in [0.3, 0.4) is 0 Å². The fourth-order valence-electron chi connectivity index (χ4n) is 1.43. The Hall–Kier alpha value is -1.79. The van der Waals surface area contributed by atoms with Crippen molar-refractivity contribution in [3.05, 3.63) is 0 Å². The van der Waals surface area contributed by atoms with Crippen molar-refractivity contribution < 1.29 is 14.8 Å². The van der Waals surface area contributed by atoms with E-state index in [-0.39, 0.29) is 23.7 Å². The third-order valence-electron chi connectivity index (χ3n) is 2.56. The van der Waals surface area contributed by atoms with Crippen molar-refractivity contribution in [3.8, 4) is 0 Å². The molecule has 16 heavy (non-hydrogen) atoms. The van der Waals surface area contributed by atoms with Gasteiger partial charge in [-0.15, -0.1) is 0 Å². The van der Waals surface area contributed by atoms with Crippen molar-refractivity contribution in [3.63, 3.8) is 0 Å². The van der Waals surface area contributed by atoms with E-state index in [1.54, 1.807) is 0 Å². The average Bonchev–Trinajstić information content (AvgIpc) is 2.69. The molecule has 7 nitrogen and oxygen atoms in total. The Morgan fingerprint density at radius 3 is 3.00 bits per heavy atom. The Morgan fingerprint density at radius 1 is 1.81 bits per heavy atom. The van der Waals surface area contributed by atoms with Crippen molar-refractivity contribution >= 4 is 17.6 Å². The third kappa shape index (κ3) is 3.11. The van der Waals surface area contributed by atoms with Gasteiger partial charge >= 0.3 is 0 Å². The van der Waals surface area contributed by atoms with Gasteiger partial charge in [0.15, 0.2) is 5.84 Å². The second-order valence-electron chi connectivity index (χ2n) is 3.79. The Balaban J connectivity index is 2.32. The molecule has 0 aromatic carbocycles. The predicted molar refractivity (Wildman–Crippen MR) is 56.7 cm³/mol. The summed E-state index contributed by atoms with van der Waals surface area (Å²) in [5.74, 6) is -1.13. The lowest BCUT2D eigenvalue weighted by Crippen LogP contribution is -2.43. The molecular formula is C9H16N4O3. The van der Waals surface area contributed by atoms with Crippen molar-refractivity contribution in [1.82, 2.24) is 10.6 Å². The van der Waals surface area contributed by atoms with E-state index in [2.05, 4.69) is 15.8 Å². The minimum Gasteiger partial charge on any atom is -0.409 e. The first-order valence-corrected chi connectivity index (χ1v) is 5.09. The lowest BCUT2D eigenvalue weighted by molar-refractivity contribution is -0.123. The van der Waals surface area contributed by atoms with Gasteiger partial charge in [-0.3, -0.25) is 9.59 Å². The molecule has 1 saturated heterocycles. The highest BCUT2D eigenvalue weighted by molar-refractivity contribution is 6.01. The van der Waals surface area contributed by atoms with Crippen LogP contribution in [0.4, 0.5) is 0 Å². The summed E-state index contributed by atoms with van der Waals surface area (Å²) >= 11 is 0. The Bertz CT molecular complexity index is 316. The van der Waals surface area contributed by atoms with E-state index in [1.165, 1.54) is 6.92 Å². The Labute approximate surface area is 93.1 Å². The van der Waals surface area contributed by atoms with Gasteiger partial charge in [-0.1, -0.05) is 5.16 Å². The van der Waals surface area contributed by atoms with Crippen LogP contribution in [0.5, 0.6) is 0 Å². The maximum absolute atomic E-state index is 11.5. The molecule has 7 heteroatoms. The fraction of sp³-hybridized carbons (Fsp3) is 0.667. The molecule has 2 amide bonds. The number of amides is 2. The molecule has 0 aromatic rings. The number of nitrogens with two attached hydrogens (primary N) is 1. The number of hydrogen-bond donors (Lipinski definition) is 4. The normalized spacial score (nSPS) is 22.7. The smallest absolute Gasteiger partial charge is 0.230 e. The van der Waals surface area contributed by atoms with Crippen LogP contribution >= 0.6 is 0 Å². The van der Waals surface area contributed by atoms with E-state index in [1.807, 2.05) is 0 Å². The zero-order valence-electron chi connectivity index (χ0n) is 9.06. The van der Waals surface area contributed by atoms with E-state index in [4.69, 9.17) is 10.9 Å². The van der Waals surface area contributed by atoms with E-state index < -0.39 is 5.92 Å². The molecule has 0 spiro atoms. The van der Waals surface area contributed by atoms with Gasteiger partial charge in [-0.2, -0.15) is 0 Å². The first kappa shape index (κ1) is 12.3. The van der Waals surface area contributed by atoms with Gasteiger partial charge in [0.2, 0.25) is 11.8 Å². The first-order chi connectivity index (χ1) is 7.54. The highest BCUT2D eigenvalue weighted by Gasteiger charge is 2.23. The van der Waals surface area contributed by atoms with Gasteiger partial charge in [-0.25, -0.2) is 0 Å². The molecule has 0 saturated carbocycles. The van der Waals surface area contributed by atoms with Crippen LogP contribution in [0.15, 0.2) is 5.16 Å². The van der Waals surface area contributed by atoms with Crippen molar-refractivity contribution in [2.75, 3.05) is 6.54 Å². The summed E-state index contributed by atoms with van der Waals surface area (Å²) < 4.78 is 0. The zero-order valence-corrected chi connectivity index (χ0v) is 9.06. The van der Waals surface area contributed by atoms with Crippen LogP contribution in [0.1, 0.15) is 19.8 Å². The number of hydrogen-bond acceptors (Lipinski definition) is 4. The van der Waals surface area contributed by atoms with E-state index in [0.717, 1.165) is 6.42 Å². The molecule has 1 heterocycles. The molecule has 0 aromatic heterocycles. The monoisotopic (exact) mass is 228 g/mol. The summed E-state index contributed by atoms with van der Waals surface area (Å²) in [6, 6.07) is -0.0176. The largest absolute Gasteiger partial charge is 0.409 e. The molecule has 2 atom stereocenters. The minimum absolute atomic E-state index is 0.00346. The SMILES string of the molecule is CC(C(=O)NCC1CCC(=O)N1)C(N)=NO. The van der Waals surface area contributed by atoms with E-state index in [0.29, 0.717) is 13.0 Å². The van der Waals surface area contributed by atoms with Crippen LogP contribution in [0, 0.1) is 5.92 Å². The fourth-order valence-corrected chi connectivity index (χ4v) is 1.43. The number of rotatable bonds is 4. The number of amidine groups is 1. The van der Waals surface area contributed by atoms with Crippen molar-refractivity contribution in [2.45, 2.75) is 25.8 Å². The number of oxime groups is 1. The summed E-state index contributed by atoms with van der Waals surface area (Å²) in [7, 11) is 0. The van der Waals surface area contributed by atoms with Gasteiger partial charge < -0.3 is 21.6 Å². The highest BCUT2D eigenvalue weighted by atomic mass is 16.4. The quantitative estimate of drug-likeness (QED) is 0.208. The molecule has 0 radical (unpaired) electrons. The topological polar surface area (TPSA) is 117 Å². The van der Waals surface area contributed by atoms with Crippen LogP contribution in [-0.2, 0) is 9.59 Å². The lowest BCUT2D eigenvalue weighted by atomic mass is 10.1. The Kier molecular flexibility index (Phi) is 4.10. The van der Waals surface area contributed by atoms with Gasteiger partial charge in [0.1, 0.15) is 0 Å². The number of nitrogens with zero attached hydrogens (tertiary/aromatic N) is 1. The molecule has 90 valence electrons. The van der Waals surface area contributed by atoms with Gasteiger partial charge in [0, 0.05) is 19.0 Å². The summed E-state index contributed by atoms with van der Waals surface area (Å²) in [6.07, 6.45) is 1.22. The van der Waals surface area contributed by atoms with Crippen molar-refractivity contribution in [2.24, 2.45) is 16.8 Å². The summed E-state index contributed by atoms with van der Waals surface area (Å²) in [6.45, 7) is 1.91. The standard InChI is InChI=1S/C9H16N4O3/c1-5(8(10)13-16)9(15)11-4-6-2-3-7(14)12-6/h5-6,16H,2-4H2,1H3,(H2,10,13)(H,11,15)(H,12,14). The first-order valence-electron chi connectivity index (χ1n) is 5.09. The molecule has 5 N–H and O–H groups in total. The highest BCUT2D eigenvalue weighted by Crippen LogP contribution is 2.05. The second-order valence-corrected chi connectivity index (χ2v) is 3.79. The van der Waals surface area contributed by atoms with Crippen LogP contribution in [0.25, 0.3) is 0 Å². The second kappa shape index (κ2) is 5.34. The molecule has 0 bridgehead atoms. The Morgan fingerprint density at radius 2 is 2.50 bits per heavy atom. The van der Waals surface area contributed by atoms with Crippen LogP contribution in [-0.4, -0.2) is 35.4 Å². The summed E-state index contributed by atoms with van der Waals surface area (Å²) in [4.78, 5) is 22.4. The van der Waals surface area contributed by atoms with E-state index >= 15 is 0 Å². The lowest BCUT2D eigenvalue weighted by Gasteiger charge is -2.14. The van der Waals surface area contributed by atoms with Crippen LogP contribution < -0.4 is 16.4 Å². The van der Waals surface area contributed by atoms with Crippen LogP contribution in [0.2, 0.25) is 0 Å². The maximum Gasteiger partial charge on any atom is 0.230 e. The zero-order chi connectivity index (χ0) is 12.1. The van der Waals surface area contributed by atoms with Gasteiger partial charge in [0.05, 0.1) is 5.92 Å². The van der Waals surface area contributed by atoms with Gasteiger partial charge in [-0.05, 0) is 13.3 Å². The predicted octanol–water partition coefficient (Wildman–Crippen LogP) is -1.24. The average molecular weight is 228 g/mol. The van der Waals surface area contributed by atoms with E-state index in [9.17, 15) is 9.59 Å². The number of nitrogens with one attached hydrogen (secondary N) is 2. The molecule has 1 aliphatic rings. The molecule has 2 unspecified atom stereocenters. The summed E-state index contributed by atoms with van der Waals surface area (Å²) in [5, 5.41) is 16.5. The maximum atomic E-state index is 11.5. The molecule has 1 aliphatic heterocycles. The number of carbonyl (C=O) groups excluding carboxylic acids is 2. The molecular weight excluding hydrogens is 212 g/mol. The van der Waals surface area contributed by atoms with Gasteiger partial charge in [0.25, 0.3) is 0 Å². The molecule has 1 fully saturated rings. The van der Waals surface area contributed by atoms with Crippen molar-refractivity contribution in [1.29, 1.82) is 0 Å². The number of carbonyl (C=O) groups is 2. The minimum atomic E-state index is -0.679. The third-order valence-corrected chi connectivity index (χ3v) is 2.56. The molecule has 1 rings (SSSR count).